The van der Waals surface area contributed by atoms with Gasteiger partial charge in [-0.05, 0) is 72.7 Å². The number of ether oxygens (including phenoxy) is 2. The number of aromatic hydroxyl groups is 2. The number of aliphatic carboxylic acids is 1. The average molecular weight is 668 g/mol. The molecule has 1 amide bonds. The lowest BCUT2D eigenvalue weighted by atomic mass is 9.56. The predicted octanol–water partition coefficient (Wildman–Crippen LogP) is 4.22. The third-order valence-corrected chi connectivity index (χ3v) is 10.4. The predicted molar refractivity (Wildman–Crippen MR) is 176 cm³/mol. The van der Waals surface area contributed by atoms with Crippen molar-refractivity contribution in [3.8, 4) is 22.6 Å². The lowest BCUT2D eigenvalue weighted by Gasteiger charge is -2.60. The number of phenolic OH excluding ortho intramolecular Hbond substituents is 2. The summed E-state index contributed by atoms with van der Waals surface area (Å²) in [4.78, 5) is 27.9. The number of anilines is 1. The molecule has 6 N–H and O–H groups in total. The Morgan fingerprint density at radius 2 is 1.41 bits per heavy atom. The average Bonchev–Trinajstić information content (AvgIpc) is 3.11. The molecule has 49 heavy (non-hydrogen) atoms. The van der Waals surface area contributed by atoms with Gasteiger partial charge in [0.25, 0.3) is 0 Å². The maximum Gasteiger partial charge on any atom is 0.335 e. The highest BCUT2D eigenvalue weighted by Gasteiger charge is 2.65. The summed E-state index contributed by atoms with van der Waals surface area (Å²) in [6, 6.07) is 29.9. The number of nitrogens with zero attached hydrogens (tertiary/aromatic N) is 1. The summed E-state index contributed by atoms with van der Waals surface area (Å²) in [5.41, 5.74) is 1.29. The molecule has 1 spiro atoms. The lowest BCUT2D eigenvalue weighted by Crippen LogP contribution is -2.66. The Labute approximate surface area is 282 Å². The van der Waals surface area contributed by atoms with Gasteiger partial charge in [0.2, 0.25) is 5.91 Å². The number of aliphatic hydroxyl groups excluding tert-OH is 3. The summed E-state index contributed by atoms with van der Waals surface area (Å²) in [5, 5.41) is 62.7. The Morgan fingerprint density at radius 3 is 2.04 bits per heavy atom. The monoisotopic (exact) mass is 667 g/mol. The summed E-state index contributed by atoms with van der Waals surface area (Å²) >= 11 is 0. The van der Waals surface area contributed by atoms with Crippen molar-refractivity contribution in [3.63, 3.8) is 0 Å². The molecule has 11 nitrogen and oxygen atoms in total. The minimum absolute atomic E-state index is 0.000723. The second kappa shape index (κ2) is 12.6. The first kappa shape index (κ1) is 32.8. The van der Waals surface area contributed by atoms with E-state index < -0.39 is 53.7 Å². The van der Waals surface area contributed by atoms with Gasteiger partial charge in [0.1, 0.15) is 29.8 Å². The lowest BCUT2D eigenvalue weighted by molar-refractivity contribution is -0.328. The smallest absolute Gasteiger partial charge is 0.335 e. The van der Waals surface area contributed by atoms with Gasteiger partial charge in [-0.25, -0.2) is 4.79 Å². The largest absolute Gasteiger partial charge is 0.508 e. The maximum atomic E-state index is 14.3. The number of β-lactam (4-membered cyclic amide) rings is 1. The number of carbonyl (C=O) groups is 2. The molecule has 0 bridgehead atoms. The van der Waals surface area contributed by atoms with Crippen LogP contribution in [0, 0.1) is 5.41 Å². The van der Waals surface area contributed by atoms with Crippen LogP contribution in [0.25, 0.3) is 11.1 Å². The minimum atomic E-state index is -1.86. The zero-order valence-electron chi connectivity index (χ0n) is 26.4. The van der Waals surface area contributed by atoms with Gasteiger partial charge < -0.3 is 45.0 Å². The van der Waals surface area contributed by atoms with E-state index >= 15 is 0 Å². The summed E-state index contributed by atoms with van der Waals surface area (Å²) in [6.07, 6.45) is -7.72. The number of benzene rings is 4. The van der Waals surface area contributed by atoms with Gasteiger partial charge in [-0.1, -0.05) is 72.8 Å². The van der Waals surface area contributed by atoms with E-state index in [0.29, 0.717) is 29.7 Å². The SMILES string of the molecule is O=C(O)C1O[C@@H](OC2(c3ccccc3)CCC3(CC2)C(=O)N(c2ccccc2)[C@@H]3c2ccc(-c3cccc(O)c3)cc2O)[C@@H](O)C(O)[C@@H]1O. The number of carbonyl (C=O) groups excluding carboxylic acids is 1. The third-order valence-electron chi connectivity index (χ3n) is 10.4. The van der Waals surface area contributed by atoms with Crippen LogP contribution in [0.2, 0.25) is 0 Å². The molecule has 6 atom stereocenters. The van der Waals surface area contributed by atoms with E-state index in [2.05, 4.69) is 0 Å². The van der Waals surface area contributed by atoms with E-state index in [1.54, 1.807) is 29.2 Å². The normalized spacial score (nSPS) is 31.3. The molecule has 4 aromatic carbocycles. The van der Waals surface area contributed by atoms with E-state index in [4.69, 9.17) is 9.47 Å². The highest BCUT2D eigenvalue weighted by Crippen LogP contribution is 2.63. The van der Waals surface area contributed by atoms with Crippen molar-refractivity contribution in [1.82, 2.24) is 0 Å². The van der Waals surface area contributed by atoms with Gasteiger partial charge in [0.05, 0.1) is 17.1 Å². The molecule has 0 aromatic heterocycles. The number of aliphatic hydroxyl groups is 3. The van der Waals surface area contributed by atoms with Crippen molar-refractivity contribution < 1.29 is 49.7 Å². The van der Waals surface area contributed by atoms with Gasteiger partial charge >= 0.3 is 5.97 Å². The second-order valence-electron chi connectivity index (χ2n) is 13.1. The molecule has 0 radical (unpaired) electrons. The number of carboxylic acid groups (broad SMARTS) is 1. The molecule has 2 aliphatic heterocycles. The van der Waals surface area contributed by atoms with Crippen LogP contribution in [0.5, 0.6) is 11.5 Å². The Balaban J connectivity index is 1.24. The molecule has 3 aliphatic rings. The molecule has 1 saturated carbocycles. The number of hydrogen-bond acceptors (Lipinski definition) is 9. The molecule has 254 valence electrons. The number of rotatable bonds is 7. The Kier molecular flexibility index (Phi) is 8.42. The first-order valence-electron chi connectivity index (χ1n) is 16.2. The molecule has 11 heteroatoms. The van der Waals surface area contributed by atoms with Crippen molar-refractivity contribution >= 4 is 17.6 Å². The van der Waals surface area contributed by atoms with Crippen LogP contribution in [0.15, 0.2) is 103 Å². The van der Waals surface area contributed by atoms with Crippen molar-refractivity contribution in [2.75, 3.05) is 4.90 Å². The van der Waals surface area contributed by atoms with E-state index in [1.165, 1.54) is 0 Å². The molecular weight excluding hydrogens is 630 g/mol. The van der Waals surface area contributed by atoms with Crippen LogP contribution in [0.1, 0.15) is 42.9 Å². The Morgan fingerprint density at radius 1 is 0.755 bits per heavy atom. The second-order valence-corrected chi connectivity index (χ2v) is 13.1. The fraction of sp³-hybridized carbons (Fsp3) is 0.316. The Hall–Kier alpha value is -4.78. The molecule has 7 rings (SSSR count). The third kappa shape index (κ3) is 5.53. The molecular formula is C38H37NO10. The fourth-order valence-corrected chi connectivity index (χ4v) is 7.76. The number of carboxylic acids is 1. The van der Waals surface area contributed by atoms with E-state index in [1.807, 2.05) is 78.9 Å². The van der Waals surface area contributed by atoms with Crippen LogP contribution < -0.4 is 4.90 Å². The maximum absolute atomic E-state index is 14.3. The van der Waals surface area contributed by atoms with Gasteiger partial charge in [0.15, 0.2) is 12.4 Å². The quantitative estimate of drug-likeness (QED) is 0.157. The standard InChI is InChI=1S/C38H37NO10/c40-26-13-7-8-22(20-26)23-14-15-27(28(41)21-23)33-37(36(47)39(33)25-11-5-2-6-12-25)16-18-38(19-17-37,24-9-3-1-4-10-24)49-35-31(44)29(42)30(43)32(48-35)34(45)46/h1-15,20-21,29-33,35,40-44H,16-19H2,(H,45,46)/t29?,30-,31-,32?,33+,35-,37?,38?/m0/s1. The van der Waals surface area contributed by atoms with Crippen LogP contribution in [0.4, 0.5) is 5.69 Å². The van der Waals surface area contributed by atoms with E-state index in [9.17, 15) is 40.2 Å². The fourth-order valence-electron chi connectivity index (χ4n) is 7.76. The van der Waals surface area contributed by atoms with Gasteiger partial charge in [0, 0.05) is 11.3 Å². The molecule has 3 fully saturated rings. The number of phenols is 2. The molecule has 2 saturated heterocycles. The van der Waals surface area contributed by atoms with Gasteiger partial charge in [-0.3, -0.25) is 4.79 Å². The molecule has 1 aliphatic carbocycles. The van der Waals surface area contributed by atoms with Crippen LogP contribution in [-0.4, -0.2) is 73.2 Å². The van der Waals surface area contributed by atoms with E-state index in [0.717, 1.165) is 11.1 Å². The number of hydrogen-bond donors (Lipinski definition) is 6. The van der Waals surface area contributed by atoms with Crippen LogP contribution in [-0.2, 0) is 24.7 Å². The van der Waals surface area contributed by atoms with Crippen molar-refractivity contribution in [3.05, 3.63) is 114 Å². The summed E-state index contributed by atoms with van der Waals surface area (Å²) in [6.45, 7) is 0. The molecule has 2 unspecified atom stereocenters. The highest BCUT2D eigenvalue weighted by atomic mass is 16.7. The van der Waals surface area contributed by atoms with Crippen molar-refractivity contribution in [1.29, 1.82) is 0 Å². The topological polar surface area (TPSA) is 177 Å². The highest BCUT2D eigenvalue weighted by molar-refractivity contribution is 6.06. The van der Waals surface area contributed by atoms with Crippen LogP contribution >= 0.6 is 0 Å². The first-order valence-corrected chi connectivity index (χ1v) is 16.2. The molecule has 4 aromatic rings. The van der Waals surface area contributed by atoms with Crippen LogP contribution in [0.3, 0.4) is 0 Å². The van der Waals surface area contributed by atoms with Gasteiger partial charge in [-0.15, -0.1) is 0 Å². The van der Waals surface area contributed by atoms with Crippen molar-refractivity contribution in [2.45, 2.75) is 68.0 Å². The number of amides is 1. The van der Waals surface area contributed by atoms with Gasteiger partial charge in [-0.2, -0.15) is 0 Å². The van der Waals surface area contributed by atoms with Crippen molar-refractivity contribution in [2.24, 2.45) is 5.41 Å². The first-order chi connectivity index (χ1) is 23.5. The zero-order valence-corrected chi connectivity index (χ0v) is 26.4. The minimum Gasteiger partial charge on any atom is -0.508 e. The summed E-state index contributed by atoms with van der Waals surface area (Å²) in [5.74, 6) is -1.52. The Bertz CT molecular complexity index is 1840. The van der Waals surface area contributed by atoms with E-state index in [-0.39, 0.29) is 30.2 Å². The zero-order chi connectivity index (χ0) is 34.5. The number of para-hydroxylation sites is 1. The summed E-state index contributed by atoms with van der Waals surface area (Å²) in [7, 11) is 0. The molecule has 2 heterocycles. The summed E-state index contributed by atoms with van der Waals surface area (Å²) < 4.78 is 12.0.